The van der Waals surface area contributed by atoms with Crippen molar-refractivity contribution in [3.05, 3.63) is 65.0 Å². The van der Waals surface area contributed by atoms with E-state index < -0.39 is 10.0 Å². The summed E-state index contributed by atoms with van der Waals surface area (Å²) in [5.74, 6) is -0.353. The molecule has 0 saturated carbocycles. The molecule has 0 fully saturated rings. The van der Waals surface area contributed by atoms with E-state index in [2.05, 4.69) is 0 Å². The molecule has 0 aliphatic heterocycles. The number of aryl methyl sites for hydroxylation is 2. The second-order valence-electron chi connectivity index (χ2n) is 5.85. The van der Waals surface area contributed by atoms with Gasteiger partial charge in [0.05, 0.1) is 4.90 Å². The molecule has 122 valence electrons. The van der Waals surface area contributed by atoms with E-state index in [1.807, 2.05) is 6.07 Å². The van der Waals surface area contributed by atoms with Crippen molar-refractivity contribution < 1.29 is 12.8 Å². The van der Waals surface area contributed by atoms with Gasteiger partial charge in [0, 0.05) is 13.1 Å². The Morgan fingerprint density at radius 3 is 2.61 bits per heavy atom. The van der Waals surface area contributed by atoms with Crippen LogP contribution in [0.3, 0.4) is 0 Å². The van der Waals surface area contributed by atoms with Gasteiger partial charge in [-0.25, -0.2) is 12.8 Å². The summed E-state index contributed by atoms with van der Waals surface area (Å²) in [7, 11) is -3.57. The number of nitrogens with zero attached hydrogens (tertiary/aromatic N) is 1. The fourth-order valence-corrected chi connectivity index (χ4v) is 4.55. The van der Waals surface area contributed by atoms with Crippen molar-refractivity contribution in [2.45, 2.75) is 37.6 Å². The molecule has 0 atom stereocenters. The molecular weight excluding hydrogens is 313 g/mol. The average Bonchev–Trinajstić information content (AvgIpc) is 3.00. The Hall–Kier alpha value is -1.72. The van der Waals surface area contributed by atoms with Crippen molar-refractivity contribution in [1.82, 2.24) is 4.31 Å². The smallest absolute Gasteiger partial charge is 0.207 e. The number of rotatable bonds is 5. The van der Waals surface area contributed by atoms with Crippen LogP contribution in [0, 0.1) is 5.82 Å². The molecule has 0 amide bonds. The fourth-order valence-electron chi connectivity index (χ4n) is 3.06. The molecule has 0 radical (unpaired) electrons. The number of halogens is 1. The molecule has 0 aromatic heterocycles. The SMILES string of the molecule is CCN(Cc1cccc(F)c1)S(=O)(=O)c1ccc2c(c1)CCC2. The van der Waals surface area contributed by atoms with Gasteiger partial charge < -0.3 is 0 Å². The molecule has 23 heavy (non-hydrogen) atoms. The molecule has 0 heterocycles. The van der Waals surface area contributed by atoms with Crippen LogP contribution in [-0.4, -0.2) is 19.3 Å². The van der Waals surface area contributed by atoms with E-state index in [1.165, 1.54) is 22.0 Å². The number of hydrogen-bond acceptors (Lipinski definition) is 2. The lowest BCUT2D eigenvalue weighted by Gasteiger charge is -2.21. The number of benzene rings is 2. The minimum absolute atomic E-state index is 0.174. The van der Waals surface area contributed by atoms with Crippen LogP contribution < -0.4 is 0 Å². The molecule has 0 bridgehead atoms. The van der Waals surface area contributed by atoms with Crippen LogP contribution in [0.15, 0.2) is 47.4 Å². The van der Waals surface area contributed by atoms with Crippen LogP contribution in [0.4, 0.5) is 4.39 Å². The van der Waals surface area contributed by atoms with Crippen LogP contribution in [0.2, 0.25) is 0 Å². The average molecular weight is 333 g/mol. The zero-order chi connectivity index (χ0) is 16.4. The summed E-state index contributed by atoms with van der Waals surface area (Å²) in [6.07, 6.45) is 3.05. The highest BCUT2D eigenvalue weighted by Crippen LogP contribution is 2.27. The Labute approximate surface area is 136 Å². The second-order valence-corrected chi connectivity index (χ2v) is 7.78. The number of fused-ring (bicyclic) bond motifs is 1. The summed E-state index contributed by atoms with van der Waals surface area (Å²) in [6, 6.07) is 11.5. The summed E-state index contributed by atoms with van der Waals surface area (Å²) in [5, 5.41) is 0. The number of hydrogen-bond donors (Lipinski definition) is 0. The Morgan fingerprint density at radius 1 is 1.09 bits per heavy atom. The van der Waals surface area contributed by atoms with Gasteiger partial charge in [-0.2, -0.15) is 4.31 Å². The summed E-state index contributed by atoms with van der Waals surface area (Å²) in [4.78, 5) is 0.330. The van der Waals surface area contributed by atoms with Gasteiger partial charge in [0.2, 0.25) is 10.0 Å². The normalized spacial score (nSPS) is 14.2. The maximum atomic E-state index is 13.3. The third-order valence-electron chi connectivity index (χ3n) is 4.31. The second kappa shape index (κ2) is 6.42. The third kappa shape index (κ3) is 3.31. The van der Waals surface area contributed by atoms with Crippen molar-refractivity contribution in [3.63, 3.8) is 0 Å². The Balaban J connectivity index is 1.90. The first-order valence-electron chi connectivity index (χ1n) is 7.87. The van der Waals surface area contributed by atoms with Crippen LogP contribution in [0.1, 0.15) is 30.0 Å². The summed E-state index contributed by atoms with van der Waals surface area (Å²) >= 11 is 0. The molecule has 1 aliphatic carbocycles. The molecule has 2 aromatic rings. The van der Waals surface area contributed by atoms with E-state index in [-0.39, 0.29) is 12.4 Å². The third-order valence-corrected chi connectivity index (χ3v) is 6.23. The maximum Gasteiger partial charge on any atom is 0.243 e. The minimum Gasteiger partial charge on any atom is -0.207 e. The molecule has 0 N–H and O–H groups in total. The molecule has 0 spiro atoms. The van der Waals surface area contributed by atoms with Gasteiger partial charge in [-0.3, -0.25) is 0 Å². The molecule has 1 aliphatic rings. The van der Waals surface area contributed by atoms with E-state index in [0.717, 1.165) is 24.8 Å². The van der Waals surface area contributed by atoms with E-state index >= 15 is 0 Å². The minimum atomic E-state index is -3.57. The van der Waals surface area contributed by atoms with Crippen LogP contribution in [0.5, 0.6) is 0 Å². The highest BCUT2D eigenvalue weighted by molar-refractivity contribution is 7.89. The fraction of sp³-hybridized carbons (Fsp3) is 0.333. The van der Waals surface area contributed by atoms with Crippen molar-refractivity contribution in [2.75, 3.05) is 6.54 Å². The van der Waals surface area contributed by atoms with Crippen molar-refractivity contribution in [2.24, 2.45) is 0 Å². The topological polar surface area (TPSA) is 37.4 Å². The lowest BCUT2D eigenvalue weighted by Crippen LogP contribution is -2.30. The van der Waals surface area contributed by atoms with Crippen molar-refractivity contribution in [1.29, 1.82) is 0 Å². The molecule has 3 nitrogen and oxygen atoms in total. The summed E-state index contributed by atoms with van der Waals surface area (Å²) in [6.45, 7) is 2.31. The van der Waals surface area contributed by atoms with Gasteiger partial charge in [-0.15, -0.1) is 0 Å². The standard InChI is InChI=1S/C18H20FNO2S/c1-2-20(13-14-5-3-8-17(19)11-14)23(21,22)18-10-9-15-6-4-7-16(15)12-18/h3,5,8-12H,2,4,6-7,13H2,1H3. The lowest BCUT2D eigenvalue weighted by molar-refractivity contribution is 0.422. The van der Waals surface area contributed by atoms with Gasteiger partial charge in [-0.1, -0.05) is 25.1 Å². The summed E-state index contributed by atoms with van der Waals surface area (Å²) in [5.41, 5.74) is 3.03. The van der Waals surface area contributed by atoms with Gasteiger partial charge in [0.1, 0.15) is 5.82 Å². The number of sulfonamides is 1. The van der Waals surface area contributed by atoms with E-state index in [1.54, 1.807) is 31.2 Å². The molecule has 2 aromatic carbocycles. The quantitative estimate of drug-likeness (QED) is 0.839. The molecule has 3 rings (SSSR count). The molecule has 0 saturated heterocycles. The lowest BCUT2D eigenvalue weighted by atomic mass is 10.1. The summed E-state index contributed by atoms with van der Waals surface area (Å²) < 4.78 is 40.5. The van der Waals surface area contributed by atoms with Crippen LogP contribution in [0.25, 0.3) is 0 Å². The van der Waals surface area contributed by atoms with E-state index in [4.69, 9.17) is 0 Å². The zero-order valence-electron chi connectivity index (χ0n) is 13.1. The van der Waals surface area contributed by atoms with Crippen molar-refractivity contribution in [3.8, 4) is 0 Å². The Kier molecular flexibility index (Phi) is 4.50. The maximum absolute atomic E-state index is 13.3. The first-order valence-corrected chi connectivity index (χ1v) is 9.31. The predicted octanol–water partition coefficient (Wildman–Crippen LogP) is 3.53. The Bertz CT molecular complexity index is 818. The van der Waals surface area contributed by atoms with Gasteiger partial charge in [0.25, 0.3) is 0 Å². The van der Waals surface area contributed by atoms with E-state index in [0.29, 0.717) is 17.0 Å². The van der Waals surface area contributed by atoms with Gasteiger partial charge in [-0.05, 0) is 60.2 Å². The highest BCUT2D eigenvalue weighted by atomic mass is 32.2. The predicted molar refractivity (Wildman–Crippen MR) is 88.1 cm³/mol. The van der Waals surface area contributed by atoms with Crippen LogP contribution >= 0.6 is 0 Å². The van der Waals surface area contributed by atoms with Gasteiger partial charge >= 0.3 is 0 Å². The zero-order valence-corrected chi connectivity index (χ0v) is 13.9. The molecular formula is C18H20FNO2S. The first kappa shape index (κ1) is 16.1. The molecule has 5 heteroatoms. The molecule has 0 unspecified atom stereocenters. The van der Waals surface area contributed by atoms with Crippen molar-refractivity contribution >= 4 is 10.0 Å². The monoisotopic (exact) mass is 333 g/mol. The van der Waals surface area contributed by atoms with Crippen LogP contribution in [-0.2, 0) is 29.4 Å². The van der Waals surface area contributed by atoms with Gasteiger partial charge in [0.15, 0.2) is 0 Å². The largest absolute Gasteiger partial charge is 0.243 e. The first-order chi connectivity index (χ1) is 11.0. The Morgan fingerprint density at radius 2 is 1.87 bits per heavy atom. The van der Waals surface area contributed by atoms with E-state index in [9.17, 15) is 12.8 Å². The highest BCUT2D eigenvalue weighted by Gasteiger charge is 2.25.